The van der Waals surface area contributed by atoms with Crippen LogP contribution in [0.3, 0.4) is 0 Å². The van der Waals surface area contributed by atoms with E-state index in [1.54, 1.807) is 52.0 Å². The molecule has 2 aliphatic heterocycles. The number of unbranched alkanes of at least 4 members (excludes halogenated alkanes) is 2. The summed E-state index contributed by atoms with van der Waals surface area (Å²) in [4.78, 5) is 54.2. The predicted molar refractivity (Wildman–Crippen MR) is 141 cm³/mol. The third kappa shape index (κ3) is 7.30. The van der Waals surface area contributed by atoms with Crippen molar-refractivity contribution in [3.63, 3.8) is 0 Å². The van der Waals surface area contributed by atoms with Gasteiger partial charge in [-0.05, 0) is 43.5 Å². The molecule has 3 rings (SSSR count). The molecule has 0 aliphatic carbocycles. The molecule has 1 aromatic carbocycles. The molecule has 0 atom stereocenters. The van der Waals surface area contributed by atoms with Crippen LogP contribution in [0.25, 0.3) is 6.08 Å². The number of hydrogen-bond donors (Lipinski definition) is 0. The zero-order chi connectivity index (χ0) is 26.1. The van der Waals surface area contributed by atoms with Crippen molar-refractivity contribution >= 4 is 58.3 Å². The summed E-state index contributed by atoms with van der Waals surface area (Å²) in [5.41, 5.74) is 1.24. The molecule has 36 heavy (non-hydrogen) atoms. The average molecular weight is 534 g/mol. The maximum absolute atomic E-state index is 12.8. The van der Waals surface area contributed by atoms with E-state index in [2.05, 4.69) is 0 Å². The van der Waals surface area contributed by atoms with Crippen molar-refractivity contribution in [3.05, 3.63) is 40.3 Å². The zero-order valence-corrected chi connectivity index (χ0v) is 22.2. The summed E-state index contributed by atoms with van der Waals surface area (Å²) in [7, 11) is 1.33. The molecule has 0 bridgehead atoms. The first-order valence-electron chi connectivity index (χ1n) is 12.0. The van der Waals surface area contributed by atoms with Gasteiger partial charge in [-0.1, -0.05) is 42.5 Å². The van der Waals surface area contributed by atoms with Crippen molar-refractivity contribution in [2.45, 2.75) is 32.6 Å². The molecular formula is C25H31N3O6S2. The summed E-state index contributed by atoms with van der Waals surface area (Å²) in [6.07, 6.45) is 4.16. The molecule has 11 heteroatoms. The molecule has 0 radical (unpaired) electrons. The first-order valence-corrected chi connectivity index (χ1v) is 13.2. The van der Waals surface area contributed by atoms with E-state index in [9.17, 15) is 19.2 Å². The van der Waals surface area contributed by atoms with Crippen LogP contribution in [-0.4, -0.2) is 89.3 Å². The minimum absolute atomic E-state index is 0.0882. The van der Waals surface area contributed by atoms with Crippen LogP contribution in [0.5, 0.6) is 0 Å². The van der Waals surface area contributed by atoms with Gasteiger partial charge in [0.2, 0.25) is 5.91 Å². The third-order valence-corrected chi connectivity index (χ3v) is 7.31. The summed E-state index contributed by atoms with van der Waals surface area (Å²) >= 11 is 6.66. The van der Waals surface area contributed by atoms with Gasteiger partial charge in [0.1, 0.15) is 4.32 Å². The molecule has 0 aromatic heterocycles. The van der Waals surface area contributed by atoms with Gasteiger partial charge in [-0.3, -0.25) is 14.5 Å². The number of benzene rings is 1. The summed E-state index contributed by atoms with van der Waals surface area (Å²) in [5.74, 6) is -0.450. The minimum atomic E-state index is -0.411. The highest BCUT2D eigenvalue weighted by Crippen LogP contribution is 2.32. The highest BCUT2D eigenvalue weighted by Gasteiger charge is 2.31. The Kier molecular flexibility index (Phi) is 10.3. The van der Waals surface area contributed by atoms with Gasteiger partial charge in [0.15, 0.2) is 0 Å². The number of nitrogens with zero attached hydrogens (tertiary/aromatic N) is 3. The van der Waals surface area contributed by atoms with Gasteiger partial charge in [-0.25, -0.2) is 9.59 Å². The van der Waals surface area contributed by atoms with E-state index in [0.717, 1.165) is 24.8 Å². The zero-order valence-electron chi connectivity index (χ0n) is 20.6. The number of methoxy groups -OCH3 is 1. The molecule has 0 N–H and O–H groups in total. The number of hydrogen-bond acceptors (Lipinski definition) is 8. The largest absolute Gasteiger partial charge is 0.465 e. The molecule has 2 heterocycles. The van der Waals surface area contributed by atoms with Crippen LogP contribution in [0.4, 0.5) is 4.79 Å². The average Bonchev–Trinajstić information content (AvgIpc) is 3.15. The van der Waals surface area contributed by atoms with Crippen LogP contribution in [0.1, 0.15) is 48.5 Å². The van der Waals surface area contributed by atoms with Crippen LogP contribution in [0.2, 0.25) is 0 Å². The molecule has 3 amide bonds. The Bertz CT molecular complexity index is 1020. The van der Waals surface area contributed by atoms with Gasteiger partial charge in [0.25, 0.3) is 5.91 Å². The smallest absolute Gasteiger partial charge is 0.409 e. The van der Waals surface area contributed by atoms with E-state index in [-0.39, 0.29) is 17.9 Å². The molecule has 194 valence electrons. The monoisotopic (exact) mass is 533 g/mol. The second-order valence-corrected chi connectivity index (χ2v) is 10.0. The minimum Gasteiger partial charge on any atom is -0.465 e. The number of ether oxygens (including phenoxy) is 2. The number of amides is 3. The van der Waals surface area contributed by atoms with Gasteiger partial charge in [-0.15, -0.1) is 0 Å². The normalized spacial score (nSPS) is 17.1. The molecule has 2 aliphatic rings. The topological polar surface area (TPSA) is 96.5 Å². The first-order chi connectivity index (χ1) is 17.3. The van der Waals surface area contributed by atoms with Gasteiger partial charge in [-0.2, -0.15) is 0 Å². The first kappa shape index (κ1) is 27.7. The molecule has 0 unspecified atom stereocenters. The number of carbonyl (C=O) groups excluding carboxylic acids is 4. The van der Waals surface area contributed by atoms with Gasteiger partial charge < -0.3 is 19.3 Å². The van der Waals surface area contributed by atoms with Crippen LogP contribution in [0, 0.1) is 0 Å². The lowest BCUT2D eigenvalue weighted by Gasteiger charge is -2.34. The molecule has 9 nitrogen and oxygen atoms in total. The third-order valence-electron chi connectivity index (χ3n) is 5.93. The number of piperazine rings is 1. The predicted octanol–water partition coefficient (Wildman–Crippen LogP) is 3.54. The maximum Gasteiger partial charge on any atom is 0.409 e. The van der Waals surface area contributed by atoms with E-state index in [1.165, 1.54) is 18.9 Å². The number of esters is 1. The van der Waals surface area contributed by atoms with Crippen LogP contribution in [0.15, 0.2) is 29.2 Å². The van der Waals surface area contributed by atoms with E-state index in [4.69, 9.17) is 21.7 Å². The number of thioether (sulfide) groups is 1. The molecular weight excluding hydrogens is 502 g/mol. The fraction of sp³-hybridized carbons (Fsp3) is 0.480. The van der Waals surface area contributed by atoms with Crippen molar-refractivity contribution < 1.29 is 28.7 Å². The summed E-state index contributed by atoms with van der Waals surface area (Å²) in [6.45, 7) is 4.64. The Morgan fingerprint density at radius 3 is 2.33 bits per heavy atom. The van der Waals surface area contributed by atoms with Crippen LogP contribution < -0.4 is 0 Å². The summed E-state index contributed by atoms with van der Waals surface area (Å²) in [6, 6.07) is 6.82. The maximum atomic E-state index is 12.8. The number of thiocarbonyl (C=S) groups is 1. The van der Waals surface area contributed by atoms with Gasteiger partial charge in [0.05, 0.1) is 24.2 Å². The van der Waals surface area contributed by atoms with E-state index in [1.807, 2.05) is 0 Å². The standard InChI is InChI=1S/C25H31N3O6S2/c1-3-34-24(32)27-15-13-26(14-16-27)21(29)7-5-4-6-12-28-22(30)20(36-25(28)35)17-18-8-10-19(11-9-18)23(31)33-2/h8-11,17H,3-7,12-16H2,1-2H3/b20-17-. The van der Waals surface area contributed by atoms with E-state index in [0.29, 0.717) is 60.5 Å². The summed E-state index contributed by atoms with van der Waals surface area (Å²) < 4.78 is 10.2. The Morgan fingerprint density at radius 2 is 1.69 bits per heavy atom. The highest BCUT2D eigenvalue weighted by molar-refractivity contribution is 8.26. The lowest BCUT2D eigenvalue weighted by Crippen LogP contribution is -2.50. The second kappa shape index (κ2) is 13.4. The lowest BCUT2D eigenvalue weighted by atomic mass is 10.1. The fourth-order valence-corrected chi connectivity index (χ4v) is 5.22. The van der Waals surface area contributed by atoms with E-state index >= 15 is 0 Å². The number of carbonyl (C=O) groups is 4. The Balaban J connectivity index is 1.38. The second-order valence-electron chi connectivity index (χ2n) is 8.32. The fourth-order valence-electron chi connectivity index (χ4n) is 3.91. The lowest BCUT2D eigenvalue weighted by molar-refractivity contribution is -0.133. The highest BCUT2D eigenvalue weighted by atomic mass is 32.2. The quantitative estimate of drug-likeness (QED) is 0.206. The molecule has 1 aromatic rings. The molecule has 2 fully saturated rings. The van der Waals surface area contributed by atoms with Crippen molar-refractivity contribution in [3.8, 4) is 0 Å². The van der Waals surface area contributed by atoms with Crippen molar-refractivity contribution in [1.29, 1.82) is 0 Å². The van der Waals surface area contributed by atoms with Gasteiger partial charge >= 0.3 is 12.1 Å². The van der Waals surface area contributed by atoms with Crippen LogP contribution in [-0.2, 0) is 19.1 Å². The SMILES string of the molecule is CCOC(=O)N1CCN(C(=O)CCCCCN2C(=O)/C(=C/c3ccc(C(=O)OC)cc3)SC2=S)CC1. The Morgan fingerprint density at radius 1 is 1.03 bits per heavy atom. The Hall–Kier alpha value is -2.92. The Labute approximate surface area is 220 Å². The van der Waals surface area contributed by atoms with Crippen molar-refractivity contribution in [2.75, 3.05) is 46.4 Å². The number of rotatable bonds is 9. The van der Waals surface area contributed by atoms with Crippen LogP contribution >= 0.6 is 24.0 Å². The molecule has 0 spiro atoms. The van der Waals surface area contributed by atoms with Crippen molar-refractivity contribution in [1.82, 2.24) is 14.7 Å². The molecule has 2 saturated heterocycles. The molecule has 0 saturated carbocycles. The summed E-state index contributed by atoms with van der Waals surface area (Å²) in [5, 5.41) is 0. The van der Waals surface area contributed by atoms with Crippen molar-refractivity contribution in [2.24, 2.45) is 0 Å². The van der Waals surface area contributed by atoms with Gasteiger partial charge in [0, 0.05) is 39.1 Å². The van der Waals surface area contributed by atoms with E-state index < -0.39 is 5.97 Å².